The number of aliphatic hydroxyl groups is 3. The molecule has 0 saturated heterocycles. The lowest BCUT2D eigenvalue weighted by Gasteiger charge is -2.20. The molecule has 0 saturated carbocycles. The third kappa shape index (κ3) is 3.89. The first-order chi connectivity index (χ1) is 4.89. The van der Waals surface area contributed by atoms with Crippen LogP contribution in [0, 0.1) is 0 Å². The molecule has 6 nitrogen and oxygen atoms in total. The van der Waals surface area contributed by atoms with Crippen LogP contribution in [0.15, 0.2) is 0 Å². The Morgan fingerprint density at radius 2 is 2.00 bits per heavy atom. The van der Waals surface area contributed by atoms with Gasteiger partial charge in [-0.2, -0.15) is 0 Å². The van der Waals surface area contributed by atoms with Crippen LogP contribution in [0.4, 0.5) is 0 Å². The molecule has 0 aliphatic carbocycles. The van der Waals surface area contributed by atoms with E-state index in [0.29, 0.717) is 0 Å². The first kappa shape index (κ1) is 10.3. The molecule has 0 bridgehead atoms. The fraction of sp³-hybridized carbons (Fsp3) is 0.800. The van der Waals surface area contributed by atoms with Crippen molar-refractivity contribution in [2.75, 3.05) is 6.61 Å². The second-order valence-electron chi connectivity index (χ2n) is 2.29. The van der Waals surface area contributed by atoms with Gasteiger partial charge in [0.25, 0.3) is 0 Å². The third-order valence-electron chi connectivity index (χ3n) is 1.12. The molecule has 0 unspecified atom stereocenters. The van der Waals surface area contributed by atoms with E-state index in [1.807, 2.05) is 0 Å². The van der Waals surface area contributed by atoms with E-state index in [0.717, 1.165) is 0 Å². The zero-order chi connectivity index (χ0) is 9.07. The molecule has 0 amide bonds. The monoisotopic (exact) mass is 165 g/mol. The van der Waals surface area contributed by atoms with Crippen LogP contribution in [0.3, 0.4) is 0 Å². The number of hydrogen-bond donors (Lipinski definition) is 5. The smallest absolute Gasteiger partial charge is 0.320 e. The van der Waals surface area contributed by atoms with Gasteiger partial charge in [0.2, 0.25) is 0 Å². The number of carboxylic acids is 1. The number of nitrogens with two attached hydrogens (primary N) is 1. The summed E-state index contributed by atoms with van der Waals surface area (Å²) in [7, 11) is 0. The second-order valence-corrected chi connectivity index (χ2v) is 2.29. The predicted octanol–water partition coefficient (Wildman–Crippen LogP) is -2.54. The van der Waals surface area contributed by atoms with Crippen LogP contribution >= 0.6 is 0 Å². The predicted molar refractivity (Wildman–Crippen MR) is 34.5 cm³/mol. The van der Waals surface area contributed by atoms with Gasteiger partial charge in [0, 0.05) is 6.42 Å². The van der Waals surface area contributed by atoms with Gasteiger partial charge in [-0.05, 0) is 0 Å². The fourth-order valence-electron chi connectivity index (χ4n) is 0.504. The van der Waals surface area contributed by atoms with Gasteiger partial charge in [0.1, 0.15) is 6.04 Å². The average Bonchev–Trinajstić information content (AvgIpc) is 1.87. The van der Waals surface area contributed by atoms with Crippen molar-refractivity contribution in [3.63, 3.8) is 0 Å². The average molecular weight is 165 g/mol. The van der Waals surface area contributed by atoms with E-state index in [1.54, 1.807) is 0 Å². The molecule has 6 N–H and O–H groups in total. The van der Waals surface area contributed by atoms with Gasteiger partial charge in [0.15, 0.2) is 5.79 Å². The molecule has 0 aromatic carbocycles. The maximum absolute atomic E-state index is 10.1. The molecule has 0 fully saturated rings. The van der Waals surface area contributed by atoms with Gasteiger partial charge in [-0.15, -0.1) is 0 Å². The van der Waals surface area contributed by atoms with Crippen molar-refractivity contribution in [2.24, 2.45) is 5.73 Å². The minimum Gasteiger partial charge on any atom is -0.480 e. The Balaban J connectivity index is 3.93. The minimum atomic E-state index is -2.40. The molecular weight excluding hydrogens is 154 g/mol. The highest BCUT2D eigenvalue weighted by Gasteiger charge is 2.28. The number of aliphatic hydroxyl groups excluding tert-OH is 1. The van der Waals surface area contributed by atoms with Crippen molar-refractivity contribution in [3.05, 3.63) is 0 Å². The van der Waals surface area contributed by atoms with Crippen molar-refractivity contribution in [3.8, 4) is 0 Å². The highest BCUT2D eigenvalue weighted by Crippen LogP contribution is 2.06. The Hall–Kier alpha value is -0.690. The highest BCUT2D eigenvalue weighted by atomic mass is 16.5. The summed E-state index contributed by atoms with van der Waals surface area (Å²) in [4.78, 5) is 10.1. The summed E-state index contributed by atoms with van der Waals surface area (Å²) in [6.45, 7) is -0.937. The second kappa shape index (κ2) is 3.63. The summed E-state index contributed by atoms with van der Waals surface area (Å²) in [5.41, 5.74) is 4.95. The van der Waals surface area contributed by atoms with Crippen LogP contribution in [0.2, 0.25) is 0 Å². The van der Waals surface area contributed by atoms with E-state index in [-0.39, 0.29) is 0 Å². The van der Waals surface area contributed by atoms with E-state index >= 15 is 0 Å². The summed E-state index contributed by atoms with van der Waals surface area (Å²) in [6, 6.07) is -1.38. The Labute approximate surface area is 62.9 Å². The number of carboxylic acid groups (broad SMARTS) is 1. The van der Waals surface area contributed by atoms with Crippen LogP contribution in [-0.4, -0.2) is 44.8 Å². The molecule has 0 aromatic rings. The zero-order valence-electron chi connectivity index (χ0n) is 5.77. The molecule has 0 spiro atoms. The molecule has 0 aromatic heterocycles. The number of carbonyl (C=O) groups is 1. The number of aliphatic carboxylic acids is 1. The molecule has 0 aliphatic heterocycles. The maximum Gasteiger partial charge on any atom is 0.320 e. The SMILES string of the molecule is N[C@@H](CC(O)(O)CO)C(=O)O. The molecule has 0 rings (SSSR count). The van der Waals surface area contributed by atoms with E-state index in [1.165, 1.54) is 0 Å². The summed E-state index contributed by atoms with van der Waals surface area (Å²) >= 11 is 0. The van der Waals surface area contributed by atoms with Crippen LogP contribution in [0.25, 0.3) is 0 Å². The van der Waals surface area contributed by atoms with Gasteiger partial charge in [-0.25, -0.2) is 0 Å². The van der Waals surface area contributed by atoms with Crippen LogP contribution in [-0.2, 0) is 4.79 Å². The van der Waals surface area contributed by atoms with Crippen molar-refractivity contribution in [1.29, 1.82) is 0 Å². The topological polar surface area (TPSA) is 124 Å². The summed E-state index contributed by atoms with van der Waals surface area (Å²) in [6.07, 6.45) is -0.598. The van der Waals surface area contributed by atoms with Crippen molar-refractivity contribution >= 4 is 5.97 Å². The van der Waals surface area contributed by atoms with Gasteiger partial charge in [-0.1, -0.05) is 0 Å². The fourth-order valence-corrected chi connectivity index (χ4v) is 0.504. The minimum absolute atomic E-state index is 0.598. The Kier molecular flexibility index (Phi) is 3.40. The lowest BCUT2D eigenvalue weighted by molar-refractivity contribution is -0.195. The maximum atomic E-state index is 10.1. The first-order valence-corrected chi connectivity index (χ1v) is 2.93. The van der Waals surface area contributed by atoms with E-state index in [2.05, 4.69) is 0 Å². The standard InChI is InChI=1S/C5H11NO5/c6-3(4(8)9)1-5(10,11)2-7/h3,7,10-11H,1-2,6H2,(H,8,9)/t3-/m0/s1. The molecule has 11 heavy (non-hydrogen) atoms. The summed E-state index contributed by atoms with van der Waals surface area (Å²) in [5, 5.41) is 33.9. The van der Waals surface area contributed by atoms with Crippen molar-refractivity contribution < 1.29 is 25.2 Å². The number of hydrogen-bond acceptors (Lipinski definition) is 5. The molecule has 6 heteroatoms. The van der Waals surface area contributed by atoms with E-state index in [4.69, 9.17) is 26.2 Å². The van der Waals surface area contributed by atoms with Crippen LogP contribution in [0.1, 0.15) is 6.42 Å². The van der Waals surface area contributed by atoms with Gasteiger partial charge < -0.3 is 26.2 Å². The largest absolute Gasteiger partial charge is 0.480 e. The molecule has 0 aliphatic rings. The van der Waals surface area contributed by atoms with Gasteiger partial charge in [0.05, 0.1) is 6.61 Å². The zero-order valence-corrected chi connectivity index (χ0v) is 5.77. The first-order valence-electron chi connectivity index (χ1n) is 2.93. The normalized spacial score (nSPS) is 14.5. The van der Waals surface area contributed by atoms with Crippen molar-refractivity contribution in [2.45, 2.75) is 18.2 Å². The molecule has 0 radical (unpaired) electrons. The molecule has 1 atom stereocenters. The quantitative estimate of drug-likeness (QED) is 0.292. The van der Waals surface area contributed by atoms with E-state index < -0.39 is 30.8 Å². The molecular formula is C5H11NO5. The van der Waals surface area contributed by atoms with Crippen LogP contribution < -0.4 is 5.73 Å². The number of rotatable bonds is 4. The van der Waals surface area contributed by atoms with Gasteiger partial charge in [-0.3, -0.25) is 4.79 Å². The highest BCUT2D eigenvalue weighted by molar-refractivity contribution is 5.73. The lowest BCUT2D eigenvalue weighted by atomic mass is 10.1. The van der Waals surface area contributed by atoms with Gasteiger partial charge >= 0.3 is 5.97 Å². The van der Waals surface area contributed by atoms with Crippen LogP contribution in [0.5, 0.6) is 0 Å². The lowest BCUT2D eigenvalue weighted by Crippen LogP contribution is -2.43. The Morgan fingerprint density at radius 1 is 1.55 bits per heavy atom. The summed E-state index contributed by atoms with van der Waals surface area (Å²) < 4.78 is 0. The molecule has 0 heterocycles. The molecule has 66 valence electrons. The summed E-state index contributed by atoms with van der Waals surface area (Å²) in [5.74, 6) is -3.75. The Morgan fingerprint density at radius 3 is 2.27 bits per heavy atom. The third-order valence-corrected chi connectivity index (χ3v) is 1.12. The van der Waals surface area contributed by atoms with E-state index in [9.17, 15) is 4.79 Å². The van der Waals surface area contributed by atoms with Crippen molar-refractivity contribution in [1.82, 2.24) is 0 Å². The Bertz CT molecular complexity index is 146.